The molecule has 0 atom stereocenters. The van der Waals surface area contributed by atoms with Gasteiger partial charge in [-0.3, -0.25) is 5.43 Å². The molecule has 0 heterocycles. The molecule has 0 unspecified atom stereocenters. The fourth-order valence-electron chi connectivity index (χ4n) is 1.33. The first-order valence-corrected chi connectivity index (χ1v) is 5.09. The van der Waals surface area contributed by atoms with Crippen molar-refractivity contribution in [3.63, 3.8) is 0 Å². The highest BCUT2D eigenvalue weighted by molar-refractivity contribution is 5.83. The van der Waals surface area contributed by atoms with Crippen LogP contribution < -0.4 is 5.43 Å². The van der Waals surface area contributed by atoms with Gasteiger partial charge in [-0.2, -0.15) is 5.10 Å². The maximum atomic E-state index is 13.0. The Labute approximate surface area is 98.2 Å². The van der Waals surface area contributed by atoms with E-state index in [-0.39, 0.29) is 0 Å². The van der Waals surface area contributed by atoms with E-state index in [0.717, 1.165) is 5.69 Å². The fourth-order valence-corrected chi connectivity index (χ4v) is 1.33. The fraction of sp³-hybridized carbons (Fsp3) is 0. The molecule has 0 fully saturated rings. The number of benzene rings is 2. The van der Waals surface area contributed by atoms with Gasteiger partial charge >= 0.3 is 0 Å². The lowest BCUT2D eigenvalue weighted by Gasteiger charge is -2.00. The first-order chi connectivity index (χ1) is 8.27. The SMILES string of the molecule is Oc1c(F)cccc1C=NNc1ccccc1. The maximum Gasteiger partial charge on any atom is 0.165 e. The van der Waals surface area contributed by atoms with E-state index >= 15 is 0 Å². The van der Waals surface area contributed by atoms with E-state index in [1.54, 1.807) is 6.07 Å². The number of halogens is 1. The van der Waals surface area contributed by atoms with Crippen LogP contribution in [0.1, 0.15) is 5.56 Å². The Balaban J connectivity index is 2.09. The third-order valence-electron chi connectivity index (χ3n) is 2.19. The summed E-state index contributed by atoms with van der Waals surface area (Å²) < 4.78 is 13.0. The smallest absolute Gasteiger partial charge is 0.165 e. The van der Waals surface area contributed by atoms with Crippen molar-refractivity contribution in [1.82, 2.24) is 0 Å². The summed E-state index contributed by atoms with van der Waals surface area (Å²) in [5.41, 5.74) is 3.92. The minimum absolute atomic E-state index is 0.327. The van der Waals surface area contributed by atoms with Gasteiger partial charge in [0.05, 0.1) is 11.9 Å². The van der Waals surface area contributed by atoms with Gasteiger partial charge in [-0.15, -0.1) is 0 Å². The Kier molecular flexibility index (Phi) is 3.35. The first-order valence-electron chi connectivity index (χ1n) is 5.09. The Hall–Kier alpha value is -2.36. The zero-order valence-electron chi connectivity index (χ0n) is 8.97. The summed E-state index contributed by atoms with van der Waals surface area (Å²) in [5, 5.41) is 13.3. The van der Waals surface area contributed by atoms with E-state index in [1.165, 1.54) is 18.3 Å². The molecule has 0 radical (unpaired) electrons. The molecule has 0 aliphatic heterocycles. The van der Waals surface area contributed by atoms with Crippen LogP contribution in [-0.2, 0) is 0 Å². The van der Waals surface area contributed by atoms with E-state index in [0.29, 0.717) is 5.56 Å². The van der Waals surface area contributed by atoms with E-state index in [9.17, 15) is 9.50 Å². The molecule has 2 N–H and O–H groups in total. The number of para-hydroxylation sites is 2. The van der Waals surface area contributed by atoms with Gasteiger partial charge < -0.3 is 5.11 Å². The molecule has 2 rings (SSSR count). The molecule has 17 heavy (non-hydrogen) atoms. The van der Waals surface area contributed by atoms with Crippen LogP contribution in [0.15, 0.2) is 53.6 Å². The molecule has 2 aromatic rings. The summed E-state index contributed by atoms with van der Waals surface area (Å²) in [6, 6.07) is 13.6. The largest absolute Gasteiger partial charge is 0.504 e. The topological polar surface area (TPSA) is 44.6 Å². The molecule has 0 aromatic heterocycles. The van der Waals surface area contributed by atoms with Gasteiger partial charge in [0.25, 0.3) is 0 Å². The normalized spacial score (nSPS) is 10.6. The van der Waals surface area contributed by atoms with Gasteiger partial charge in [-0.1, -0.05) is 24.3 Å². The van der Waals surface area contributed by atoms with Gasteiger partial charge in [0.15, 0.2) is 11.6 Å². The summed E-state index contributed by atoms with van der Waals surface area (Å²) in [6.45, 7) is 0. The van der Waals surface area contributed by atoms with Crippen LogP contribution in [0.4, 0.5) is 10.1 Å². The number of anilines is 1. The molecule has 0 aliphatic carbocycles. The monoisotopic (exact) mass is 230 g/mol. The molecule has 0 saturated carbocycles. The highest BCUT2D eigenvalue weighted by Crippen LogP contribution is 2.18. The lowest BCUT2D eigenvalue weighted by molar-refractivity contribution is 0.431. The number of hydrogen-bond acceptors (Lipinski definition) is 3. The average molecular weight is 230 g/mol. The number of hydrazone groups is 1. The van der Waals surface area contributed by atoms with Crippen molar-refractivity contribution in [2.75, 3.05) is 5.43 Å². The number of nitrogens with zero attached hydrogens (tertiary/aromatic N) is 1. The van der Waals surface area contributed by atoms with Crippen molar-refractivity contribution in [1.29, 1.82) is 0 Å². The Bertz CT molecular complexity index is 526. The van der Waals surface area contributed by atoms with Gasteiger partial charge in [0, 0.05) is 5.56 Å². The Morgan fingerprint density at radius 2 is 1.82 bits per heavy atom. The minimum atomic E-state index is -0.659. The summed E-state index contributed by atoms with van der Waals surface area (Å²) in [7, 11) is 0. The van der Waals surface area contributed by atoms with Crippen LogP contribution in [0.3, 0.4) is 0 Å². The molecule has 86 valence electrons. The molecule has 4 heteroatoms. The van der Waals surface area contributed by atoms with Crippen molar-refractivity contribution < 1.29 is 9.50 Å². The van der Waals surface area contributed by atoms with E-state index in [1.807, 2.05) is 30.3 Å². The molecule has 3 nitrogen and oxygen atoms in total. The second-order valence-electron chi connectivity index (χ2n) is 3.41. The van der Waals surface area contributed by atoms with Crippen molar-refractivity contribution in [3.05, 3.63) is 59.9 Å². The number of phenolic OH excluding ortho intramolecular Hbond substituents is 1. The standard InChI is InChI=1S/C13H11FN2O/c14-12-8-4-5-10(13(12)17)9-15-16-11-6-2-1-3-7-11/h1-9,16-17H. The molecule has 0 aliphatic rings. The molecule has 0 bridgehead atoms. The number of aromatic hydroxyl groups is 1. The average Bonchev–Trinajstić information content (AvgIpc) is 2.36. The van der Waals surface area contributed by atoms with E-state index < -0.39 is 11.6 Å². The summed E-state index contributed by atoms with van der Waals surface area (Å²) >= 11 is 0. The number of phenols is 1. The van der Waals surface area contributed by atoms with Crippen LogP contribution in [0, 0.1) is 5.82 Å². The van der Waals surface area contributed by atoms with Gasteiger partial charge in [-0.25, -0.2) is 4.39 Å². The Morgan fingerprint density at radius 3 is 2.59 bits per heavy atom. The molecule has 2 aromatic carbocycles. The predicted molar refractivity (Wildman–Crippen MR) is 65.7 cm³/mol. The predicted octanol–water partition coefficient (Wildman–Crippen LogP) is 2.98. The third kappa shape index (κ3) is 2.81. The molecule has 0 amide bonds. The zero-order valence-corrected chi connectivity index (χ0v) is 8.97. The van der Waals surface area contributed by atoms with Gasteiger partial charge in [0.2, 0.25) is 0 Å². The molecular weight excluding hydrogens is 219 g/mol. The summed E-state index contributed by atoms with van der Waals surface area (Å²) in [4.78, 5) is 0. The van der Waals surface area contributed by atoms with E-state index in [2.05, 4.69) is 10.5 Å². The van der Waals surface area contributed by atoms with Crippen LogP contribution in [0.25, 0.3) is 0 Å². The first kappa shape index (κ1) is 11.1. The number of rotatable bonds is 3. The van der Waals surface area contributed by atoms with Crippen molar-refractivity contribution in [2.45, 2.75) is 0 Å². The van der Waals surface area contributed by atoms with Crippen molar-refractivity contribution in [2.24, 2.45) is 5.10 Å². The molecular formula is C13H11FN2O. The van der Waals surface area contributed by atoms with Crippen LogP contribution >= 0.6 is 0 Å². The van der Waals surface area contributed by atoms with Crippen molar-refractivity contribution >= 4 is 11.9 Å². The third-order valence-corrected chi connectivity index (χ3v) is 2.19. The quantitative estimate of drug-likeness (QED) is 0.629. The second-order valence-corrected chi connectivity index (χ2v) is 3.41. The maximum absolute atomic E-state index is 13.0. The second kappa shape index (κ2) is 5.12. The van der Waals surface area contributed by atoms with Gasteiger partial charge in [-0.05, 0) is 24.3 Å². The summed E-state index contributed by atoms with van der Waals surface area (Å²) in [5.74, 6) is -1.06. The van der Waals surface area contributed by atoms with Crippen LogP contribution in [0.5, 0.6) is 5.75 Å². The van der Waals surface area contributed by atoms with E-state index in [4.69, 9.17) is 0 Å². The lowest BCUT2D eigenvalue weighted by atomic mass is 10.2. The van der Waals surface area contributed by atoms with Crippen LogP contribution in [0.2, 0.25) is 0 Å². The zero-order chi connectivity index (χ0) is 12.1. The lowest BCUT2D eigenvalue weighted by Crippen LogP contribution is -1.91. The summed E-state index contributed by atoms with van der Waals surface area (Å²) in [6.07, 6.45) is 1.37. The minimum Gasteiger partial charge on any atom is -0.504 e. The highest BCUT2D eigenvalue weighted by atomic mass is 19.1. The van der Waals surface area contributed by atoms with Gasteiger partial charge in [0.1, 0.15) is 0 Å². The number of hydrogen-bond donors (Lipinski definition) is 2. The number of nitrogens with one attached hydrogen (secondary N) is 1. The Morgan fingerprint density at radius 1 is 1.06 bits per heavy atom. The highest BCUT2D eigenvalue weighted by Gasteiger charge is 2.03. The van der Waals surface area contributed by atoms with Crippen LogP contribution in [-0.4, -0.2) is 11.3 Å². The van der Waals surface area contributed by atoms with Crippen molar-refractivity contribution in [3.8, 4) is 5.75 Å². The molecule has 0 saturated heterocycles. The molecule has 0 spiro atoms.